The van der Waals surface area contributed by atoms with Gasteiger partial charge in [0.2, 0.25) is 0 Å². The molecule has 0 amide bonds. The smallest absolute Gasteiger partial charge is 0.180 e. The number of hydrogen-bond donors (Lipinski definition) is 0. The van der Waals surface area contributed by atoms with Gasteiger partial charge in [0, 0.05) is 0 Å². The highest BCUT2D eigenvalue weighted by atomic mass is 35.5. The quantitative estimate of drug-likeness (QED) is 0.399. The first-order chi connectivity index (χ1) is 12.1. The van der Waals surface area contributed by atoms with Crippen LogP contribution in [-0.2, 0) is 0 Å². The van der Waals surface area contributed by atoms with Gasteiger partial charge in [0.25, 0.3) is 0 Å². The molecule has 0 aliphatic carbocycles. The van der Waals surface area contributed by atoms with Crippen LogP contribution in [0.25, 0.3) is 11.6 Å². The SMILES string of the molecule is C=CCOc1c(Cl)cc(/C=C(\C#N)c2ccc(OC)cc2)cc1OC. The Bertz CT molecular complexity index is 820. The number of hydrogen-bond acceptors (Lipinski definition) is 4. The first-order valence-electron chi connectivity index (χ1n) is 7.50. The molecule has 0 aliphatic heterocycles. The summed E-state index contributed by atoms with van der Waals surface area (Å²) in [6.07, 6.45) is 3.37. The Morgan fingerprint density at radius 2 is 1.92 bits per heavy atom. The number of halogens is 1. The highest BCUT2D eigenvalue weighted by Gasteiger charge is 2.12. The Balaban J connectivity index is 2.41. The number of nitrogens with zero attached hydrogens (tertiary/aromatic N) is 1. The van der Waals surface area contributed by atoms with E-state index in [-0.39, 0.29) is 0 Å². The average molecular weight is 356 g/mol. The molecule has 4 nitrogen and oxygen atoms in total. The topological polar surface area (TPSA) is 51.5 Å². The van der Waals surface area contributed by atoms with Crippen LogP contribution in [-0.4, -0.2) is 20.8 Å². The van der Waals surface area contributed by atoms with Crippen LogP contribution >= 0.6 is 11.6 Å². The van der Waals surface area contributed by atoms with Gasteiger partial charge < -0.3 is 14.2 Å². The van der Waals surface area contributed by atoms with Crippen molar-refractivity contribution >= 4 is 23.3 Å². The first kappa shape index (κ1) is 18.4. The van der Waals surface area contributed by atoms with E-state index in [1.807, 2.05) is 12.1 Å². The number of methoxy groups -OCH3 is 2. The molecule has 0 heterocycles. The Labute approximate surface area is 152 Å². The molecular weight excluding hydrogens is 338 g/mol. The molecule has 2 rings (SSSR count). The molecule has 0 N–H and O–H groups in total. The van der Waals surface area contributed by atoms with Crippen LogP contribution < -0.4 is 14.2 Å². The zero-order chi connectivity index (χ0) is 18.2. The molecule has 0 bridgehead atoms. The second-order valence-corrected chi connectivity index (χ2v) is 5.44. The average Bonchev–Trinajstić information content (AvgIpc) is 2.65. The summed E-state index contributed by atoms with van der Waals surface area (Å²) >= 11 is 6.29. The molecule has 0 saturated heterocycles. The second kappa shape index (κ2) is 8.81. The molecule has 0 aliphatic rings. The van der Waals surface area contributed by atoms with Gasteiger partial charge in [0.15, 0.2) is 11.5 Å². The van der Waals surface area contributed by atoms with Crippen molar-refractivity contribution in [1.82, 2.24) is 0 Å². The van der Waals surface area contributed by atoms with Crippen molar-refractivity contribution in [2.45, 2.75) is 0 Å². The highest BCUT2D eigenvalue weighted by molar-refractivity contribution is 6.32. The Morgan fingerprint density at radius 3 is 2.48 bits per heavy atom. The van der Waals surface area contributed by atoms with Gasteiger partial charge in [0.1, 0.15) is 12.4 Å². The van der Waals surface area contributed by atoms with Gasteiger partial charge in [0.05, 0.1) is 30.9 Å². The van der Waals surface area contributed by atoms with E-state index in [9.17, 15) is 5.26 Å². The Hall–Kier alpha value is -2.90. The fourth-order valence-electron chi connectivity index (χ4n) is 2.22. The van der Waals surface area contributed by atoms with Crippen LogP contribution in [0.1, 0.15) is 11.1 Å². The van der Waals surface area contributed by atoms with Crippen LogP contribution in [0.4, 0.5) is 0 Å². The summed E-state index contributed by atoms with van der Waals surface area (Å²) in [5.74, 6) is 1.67. The van der Waals surface area contributed by atoms with Gasteiger partial charge in [-0.2, -0.15) is 5.26 Å². The van der Waals surface area contributed by atoms with E-state index in [2.05, 4.69) is 12.6 Å². The van der Waals surface area contributed by atoms with Crippen molar-refractivity contribution in [1.29, 1.82) is 5.26 Å². The van der Waals surface area contributed by atoms with Crippen molar-refractivity contribution in [3.05, 3.63) is 65.2 Å². The minimum Gasteiger partial charge on any atom is -0.497 e. The minimum absolute atomic E-state index is 0.320. The molecule has 0 fully saturated rings. The van der Waals surface area contributed by atoms with Gasteiger partial charge in [-0.05, 0) is 53.6 Å². The summed E-state index contributed by atoms with van der Waals surface area (Å²) in [5, 5.41) is 9.89. The fourth-order valence-corrected chi connectivity index (χ4v) is 2.50. The van der Waals surface area contributed by atoms with E-state index in [1.165, 1.54) is 7.11 Å². The molecular formula is C20H18ClNO3. The van der Waals surface area contributed by atoms with E-state index >= 15 is 0 Å². The standard InChI is InChI=1S/C20H18ClNO3/c1-4-9-25-20-18(21)11-14(12-19(20)24-3)10-16(13-22)15-5-7-17(23-2)8-6-15/h4-8,10-12H,1,9H2,2-3H3/b16-10+. The van der Waals surface area contributed by atoms with E-state index in [0.29, 0.717) is 28.7 Å². The van der Waals surface area contributed by atoms with Crippen LogP contribution in [0.3, 0.4) is 0 Å². The van der Waals surface area contributed by atoms with E-state index < -0.39 is 0 Å². The van der Waals surface area contributed by atoms with Crippen molar-refractivity contribution in [2.24, 2.45) is 0 Å². The monoisotopic (exact) mass is 355 g/mol. The zero-order valence-electron chi connectivity index (χ0n) is 14.1. The maximum absolute atomic E-state index is 9.48. The summed E-state index contributed by atoms with van der Waals surface area (Å²) in [4.78, 5) is 0. The number of benzene rings is 2. The first-order valence-corrected chi connectivity index (χ1v) is 7.88. The molecule has 25 heavy (non-hydrogen) atoms. The molecule has 128 valence electrons. The van der Waals surface area contributed by atoms with Crippen LogP contribution in [0.2, 0.25) is 5.02 Å². The van der Waals surface area contributed by atoms with E-state index in [1.54, 1.807) is 43.5 Å². The molecule has 0 saturated carbocycles. The molecule has 0 aromatic heterocycles. The lowest BCUT2D eigenvalue weighted by atomic mass is 10.0. The largest absolute Gasteiger partial charge is 0.497 e. The fraction of sp³-hybridized carbons (Fsp3) is 0.150. The second-order valence-electron chi connectivity index (χ2n) is 5.03. The number of rotatable bonds is 7. The van der Waals surface area contributed by atoms with Gasteiger partial charge in [-0.1, -0.05) is 24.3 Å². The molecule has 0 unspecified atom stereocenters. The third-order valence-corrected chi connectivity index (χ3v) is 3.71. The summed E-state index contributed by atoms with van der Waals surface area (Å²) in [5.41, 5.74) is 2.02. The summed E-state index contributed by atoms with van der Waals surface area (Å²) in [7, 11) is 3.13. The predicted octanol–water partition coefficient (Wildman–Crippen LogP) is 4.99. The highest BCUT2D eigenvalue weighted by Crippen LogP contribution is 2.37. The maximum atomic E-state index is 9.48. The molecule has 0 spiro atoms. The normalized spacial score (nSPS) is 10.7. The molecule has 5 heteroatoms. The summed E-state index contributed by atoms with van der Waals surface area (Å²) in [6.45, 7) is 3.93. The van der Waals surface area contributed by atoms with E-state index in [0.717, 1.165) is 16.9 Å². The van der Waals surface area contributed by atoms with Crippen LogP contribution in [0.15, 0.2) is 49.1 Å². The lowest BCUT2D eigenvalue weighted by Gasteiger charge is -2.12. The molecule has 2 aromatic carbocycles. The summed E-state index contributed by atoms with van der Waals surface area (Å²) in [6, 6.07) is 13.0. The maximum Gasteiger partial charge on any atom is 0.180 e. The van der Waals surface area contributed by atoms with Crippen molar-refractivity contribution in [2.75, 3.05) is 20.8 Å². The minimum atomic E-state index is 0.320. The van der Waals surface area contributed by atoms with Crippen LogP contribution in [0, 0.1) is 11.3 Å². The number of nitriles is 1. The predicted molar refractivity (Wildman–Crippen MR) is 100 cm³/mol. The molecule has 0 atom stereocenters. The van der Waals surface area contributed by atoms with Crippen molar-refractivity contribution in [3.63, 3.8) is 0 Å². The molecule has 2 aromatic rings. The zero-order valence-corrected chi connectivity index (χ0v) is 14.8. The Kier molecular flexibility index (Phi) is 6.50. The van der Waals surface area contributed by atoms with Gasteiger partial charge in [-0.3, -0.25) is 0 Å². The van der Waals surface area contributed by atoms with Crippen LogP contribution in [0.5, 0.6) is 17.2 Å². The third kappa shape index (κ3) is 4.56. The number of ether oxygens (including phenoxy) is 3. The lowest BCUT2D eigenvalue weighted by Crippen LogP contribution is -1.97. The molecule has 0 radical (unpaired) electrons. The number of allylic oxidation sites excluding steroid dienone is 1. The van der Waals surface area contributed by atoms with E-state index in [4.69, 9.17) is 25.8 Å². The Morgan fingerprint density at radius 1 is 1.20 bits per heavy atom. The summed E-state index contributed by atoms with van der Waals surface area (Å²) < 4.78 is 16.0. The van der Waals surface area contributed by atoms with Gasteiger partial charge in [-0.15, -0.1) is 0 Å². The van der Waals surface area contributed by atoms with Crippen molar-refractivity contribution < 1.29 is 14.2 Å². The third-order valence-electron chi connectivity index (χ3n) is 3.43. The van der Waals surface area contributed by atoms with Crippen molar-refractivity contribution in [3.8, 4) is 23.3 Å². The van der Waals surface area contributed by atoms with Gasteiger partial charge >= 0.3 is 0 Å². The van der Waals surface area contributed by atoms with Gasteiger partial charge in [-0.25, -0.2) is 0 Å². The lowest BCUT2D eigenvalue weighted by molar-refractivity contribution is 0.326.